The largest absolute Gasteiger partial charge is 0.369 e. The smallest absolute Gasteiger partial charge is 0.254 e. The molecule has 0 radical (unpaired) electrons. The molecule has 2 aliphatic rings. The maximum atomic E-state index is 12.9. The molecule has 1 aromatic rings. The molecule has 0 spiro atoms. The van der Waals surface area contributed by atoms with Crippen LogP contribution in [0.3, 0.4) is 0 Å². The summed E-state index contributed by atoms with van der Waals surface area (Å²) in [7, 11) is 0. The van der Waals surface area contributed by atoms with Crippen LogP contribution in [0.4, 0.5) is 0 Å². The summed E-state index contributed by atoms with van der Waals surface area (Å²) < 4.78 is 0. The van der Waals surface area contributed by atoms with E-state index in [0.717, 1.165) is 6.42 Å². The van der Waals surface area contributed by atoms with E-state index in [4.69, 9.17) is 28.9 Å². The fourth-order valence-corrected chi connectivity index (χ4v) is 4.23. The number of carbonyl (C=O) groups is 3. The Morgan fingerprint density at radius 2 is 1.58 bits per heavy atom. The van der Waals surface area contributed by atoms with Gasteiger partial charge < -0.3 is 15.5 Å². The Morgan fingerprint density at radius 3 is 2.15 bits per heavy atom. The lowest BCUT2D eigenvalue weighted by atomic mass is 9.95. The molecule has 2 aliphatic heterocycles. The van der Waals surface area contributed by atoms with Crippen molar-refractivity contribution in [1.29, 1.82) is 0 Å². The third-order valence-corrected chi connectivity index (χ3v) is 5.55. The van der Waals surface area contributed by atoms with Gasteiger partial charge in [-0.15, -0.1) is 0 Å². The summed E-state index contributed by atoms with van der Waals surface area (Å²) in [6.45, 7) is 1.51. The molecular formula is C18H21Cl2N3O3. The number of nitrogens with zero attached hydrogens (tertiary/aromatic N) is 2. The van der Waals surface area contributed by atoms with Crippen LogP contribution in [0.5, 0.6) is 0 Å². The van der Waals surface area contributed by atoms with Crippen molar-refractivity contribution in [1.82, 2.24) is 9.80 Å². The van der Waals surface area contributed by atoms with Gasteiger partial charge in [0.1, 0.15) is 6.04 Å². The van der Waals surface area contributed by atoms with Gasteiger partial charge in [0.2, 0.25) is 11.8 Å². The molecule has 3 rings (SSSR count). The minimum absolute atomic E-state index is 0.0631. The number of halogens is 2. The Labute approximate surface area is 162 Å². The molecule has 2 fully saturated rings. The number of hydrogen-bond donors (Lipinski definition) is 1. The second-order valence-corrected chi connectivity index (χ2v) is 7.69. The van der Waals surface area contributed by atoms with E-state index in [9.17, 15) is 14.4 Å². The second kappa shape index (κ2) is 7.84. The van der Waals surface area contributed by atoms with Gasteiger partial charge in [-0.3, -0.25) is 14.4 Å². The molecule has 0 bridgehead atoms. The first-order valence-corrected chi connectivity index (χ1v) is 9.47. The summed E-state index contributed by atoms with van der Waals surface area (Å²) in [5, 5.41) is 0.771. The zero-order chi connectivity index (χ0) is 18.8. The first-order valence-electron chi connectivity index (χ1n) is 8.72. The van der Waals surface area contributed by atoms with E-state index in [1.54, 1.807) is 28.0 Å². The second-order valence-electron chi connectivity index (χ2n) is 6.82. The van der Waals surface area contributed by atoms with Crippen molar-refractivity contribution in [2.45, 2.75) is 31.7 Å². The van der Waals surface area contributed by atoms with Crippen molar-refractivity contribution < 1.29 is 14.4 Å². The number of carbonyl (C=O) groups excluding carboxylic acids is 3. The van der Waals surface area contributed by atoms with Crippen molar-refractivity contribution in [2.24, 2.45) is 11.7 Å². The van der Waals surface area contributed by atoms with Gasteiger partial charge in [-0.05, 0) is 43.9 Å². The number of hydrogen-bond acceptors (Lipinski definition) is 3. The van der Waals surface area contributed by atoms with E-state index in [-0.39, 0.29) is 23.6 Å². The van der Waals surface area contributed by atoms with Crippen LogP contribution >= 0.6 is 23.2 Å². The summed E-state index contributed by atoms with van der Waals surface area (Å²) in [5.74, 6) is -0.786. The van der Waals surface area contributed by atoms with E-state index >= 15 is 0 Å². The number of primary amides is 1. The van der Waals surface area contributed by atoms with Crippen molar-refractivity contribution in [3.8, 4) is 0 Å². The molecule has 1 atom stereocenters. The molecule has 140 valence electrons. The van der Waals surface area contributed by atoms with Crippen molar-refractivity contribution >= 4 is 40.9 Å². The summed E-state index contributed by atoms with van der Waals surface area (Å²) in [6, 6.07) is 4.21. The van der Waals surface area contributed by atoms with Gasteiger partial charge in [-0.25, -0.2) is 0 Å². The van der Waals surface area contributed by atoms with Crippen LogP contribution < -0.4 is 5.73 Å². The quantitative estimate of drug-likeness (QED) is 0.848. The van der Waals surface area contributed by atoms with Gasteiger partial charge in [0.15, 0.2) is 0 Å². The Morgan fingerprint density at radius 1 is 0.962 bits per heavy atom. The highest BCUT2D eigenvalue weighted by Gasteiger charge is 2.38. The van der Waals surface area contributed by atoms with Gasteiger partial charge >= 0.3 is 0 Å². The van der Waals surface area contributed by atoms with E-state index in [1.807, 2.05) is 0 Å². The van der Waals surface area contributed by atoms with Crippen molar-refractivity contribution in [3.05, 3.63) is 33.8 Å². The first-order chi connectivity index (χ1) is 12.4. The molecule has 0 saturated carbocycles. The molecule has 0 aliphatic carbocycles. The number of benzene rings is 1. The number of nitrogens with two attached hydrogens (primary N) is 1. The maximum Gasteiger partial charge on any atom is 0.254 e. The number of rotatable bonds is 3. The SMILES string of the molecule is NC(=O)C1CCN(C(=O)C2CCCN2C(=O)c2cc(Cl)cc(Cl)c2)CC1. The minimum Gasteiger partial charge on any atom is -0.369 e. The average Bonchev–Trinajstić information content (AvgIpc) is 3.09. The average molecular weight is 398 g/mol. The zero-order valence-electron chi connectivity index (χ0n) is 14.3. The third kappa shape index (κ3) is 3.96. The molecular weight excluding hydrogens is 377 g/mol. The van der Waals surface area contributed by atoms with Crippen LogP contribution in [-0.2, 0) is 9.59 Å². The molecule has 1 unspecified atom stereocenters. The normalized spacial score (nSPS) is 21.1. The molecule has 3 amide bonds. The number of amides is 3. The predicted molar refractivity (Wildman–Crippen MR) is 99.0 cm³/mol. The lowest BCUT2D eigenvalue weighted by molar-refractivity contribution is -0.138. The Hall–Kier alpha value is -1.79. The molecule has 6 nitrogen and oxygen atoms in total. The Kier molecular flexibility index (Phi) is 5.73. The lowest BCUT2D eigenvalue weighted by Crippen LogP contribution is -2.50. The number of piperidine rings is 1. The van der Waals surface area contributed by atoms with E-state index < -0.39 is 6.04 Å². The van der Waals surface area contributed by atoms with E-state index in [0.29, 0.717) is 54.5 Å². The Balaban J connectivity index is 1.70. The number of likely N-dealkylation sites (tertiary alicyclic amines) is 2. The molecule has 2 heterocycles. The van der Waals surface area contributed by atoms with Crippen LogP contribution in [-0.4, -0.2) is 53.2 Å². The first kappa shape index (κ1) is 19.0. The summed E-state index contributed by atoms with van der Waals surface area (Å²) in [4.78, 5) is 40.4. The topological polar surface area (TPSA) is 83.7 Å². The van der Waals surface area contributed by atoms with Crippen LogP contribution in [0.2, 0.25) is 10.0 Å². The lowest BCUT2D eigenvalue weighted by Gasteiger charge is -2.34. The standard InChI is InChI=1S/C18H21Cl2N3O3/c19-13-8-12(9-14(20)10-13)17(25)23-5-1-2-15(23)18(26)22-6-3-11(4-7-22)16(21)24/h8-11,15H,1-7H2,(H2,21,24). The highest BCUT2D eigenvalue weighted by Crippen LogP contribution is 2.27. The summed E-state index contributed by atoms with van der Waals surface area (Å²) >= 11 is 12.0. The summed E-state index contributed by atoms with van der Waals surface area (Å²) in [6.07, 6.45) is 2.56. The molecule has 0 aromatic heterocycles. The molecule has 2 saturated heterocycles. The van der Waals surface area contributed by atoms with E-state index in [1.165, 1.54) is 0 Å². The van der Waals surface area contributed by atoms with Gasteiger partial charge in [0, 0.05) is 41.2 Å². The molecule has 8 heteroatoms. The van der Waals surface area contributed by atoms with E-state index in [2.05, 4.69) is 0 Å². The van der Waals surface area contributed by atoms with Crippen molar-refractivity contribution in [3.63, 3.8) is 0 Å². The molecule has 26 heavy (non-hydrogen) atoms. The molecule has 1 aromatic carbocycles. The molecule has 2 N–H and O–H groups in total. The van der Waals surface area contributed by atoms with Crippen LogP contribution in [0.1, 0.15) is 36.0 Å². The fourth-order valence-electron chi connectivity index (χ4n) is 3.70. The highest BCUT2D eigenvalue weighted by molar-refractivity contribution is 6.35. The van der Waals surface area contributed by atoms with Gasteiger partial charge in [0.25, 0.3) is 5.91 Å². The monoisotopic (exact) mass is 397 g/mol. The van der Waals surface area contributed by atoms with Crippen LogP contribution in [0.25, 0.3) is 0 Å². The zero-order valence-corrected chi connectivity index (χ0v) is 15.8. The fraction of sp³-hybridized carbons (Fsp3) is 0.500. The highest BCUT2D eigenvalue weighted by atomic mass is 35.5. The van der Waals surface area contributed by atoms with Crippen LogP contribution in [0.15, 0.2) is 18.2 Å². The van der Waals surface area contributed by atoms with Crippen molar-refractivity contribution in [2.75, 3.05) is 19.6 Å². The maximum absolute atomic E-state index is 12.9. The van der Waals surface area contributed by atoms with Gasteiger partial charge in [0.05, 0.1) is 0 Å². The summed E-state index contributed by atoms with van der Waals surface area (Å²) in [5.41, 5.74) is 5.73. The van der Waals surface area contributed by atoms with Gasteiger partial charge in [-0.1, -0.05) is 23.2 Å². The van der Waals surface area contributed by atoms with Crippen LogP contribution in [0, 0.1) is 5.92 Å². The predicted octanol–water partition coefficient (Wildman–Crippen LogP) is 2.32. The minimum atomic E-state index is -0.481. The van der Waals surface area contributed by atoms with Gasteiger partial charge in [-0.2, -0.15) is 0 Å². The Bertz CT molecular complexity index is 712. The third-order valence-electron chi connectivity index (χ3n) is 5.12.